The van der Waals surface area contributed by atoms with E-state index in [0.29, 0.717) is 23.7 Å². The van der Waals surface area contributed by atoms with Gasteiger partial charge in [-0.15, -0.1) is 0 Å². The van der Waals surface area contributed by atoms with Gasteiger partial charge in [0.2, 0.25) is 0 Å². The first-order valence-corrected chi connectivity index (χ1v) is 9.96. The smallest absolute Gasteiger partial charge is 0.277 e. The molecule has 0 spiro atoms. The Morgan fingerprint density at radius 2 is 2.10 bits per heavy atom. The van der Waals surface area contributed by atoms with Crippen LogP contribution in [0.25, 0.3) is 10.6 Å². The normalized spacial score (nSPS) is 16.7. The van der Waals surface area contributed by atoms with Gasteiger partial charge in [0.25, 0.3) is 5.91 Å². The quantitative estimate of drug-likeness (QED) is 0.588. The largest absolute Gasteiger partial charge is 0.389 e. The van der Waals surface area contributed by atoms with Crippen LogP contribution in [0.5, 0.6) is 0 Å². The van der Waals surface area contributed by atoms with E-state index in [1.54, 1.807) is 6.92 Å². The molecule has 3 aromatic rings. The van der Waals surface area contributed by atoms with Crippen molar-refractivity contribution in [1.82, 2.24) is 15.2 Å². The average molecular weight is 419 g/mol. The SMILES string of the molecule is Cc1[nH]nc(C2CCCCO2)c1NC(=O)c1nc(-c2c(F)cccc2F)sc1N. The number of nitrogens with two attached hydrogens (primary N) is 1. The Balaban J connectivity index is 1.62. The summed E-state index contributed by atoms with van der Waals surface area (Å²) < 4.78 is 33.9. The molecule has 1 atom stereocenters. The van der Waals surface area contributed by atoms with E-state index in [1.165, 1.54) is 6.07 Å². The second-order valence-electron chi connectivity index (χ2n) is 6.75. The number of hydrogen-bond acceptors (Lipinski definition) is 6. The first-order valence-electron chi connectivity index (χ1n) is 9.14. The number of nitrogens with one attached hydrogen (secondary N) is 2. The molecule has 0 saturated carbocycles. The zero-order valence-electron chi connectivity index (χ0n) is 15.6. The maximum absolute atomic E-state index is 14.1. The second kappa shape index (κ2) is 7.88. The molecule has 1 amide bonds. The van der Waals surface area contributed by atoms with Crippen LogP contribution < -0.4 is 11.1 Å². The zero-order valence-corrected chi connectivity index (χ0v) is 16.4. The van der Waals surface area contributed by atoms with Gasteiger partial charge in [-0.2, -0.15) is 5.10 Å². The molecule has 10 heteroatoms. The van der Waals surface area contributed by atoms with Crippen molar-refractivity contribution < 1.29 is 18.3 Å². The number of carbonyl (C=O) groups is 1. The summed E-state index contributed by atoms with van der Waals surface area (Å²) in [6.45, 7) is 2.42. The maximum atomic E-state index is 14.1. The van der Waals surface area contributed by atoms with Crippen LogP contribution >= 0.6 is 11.3 Å². The molecule has 4 N–H and O–H groups in total. The summed E-state index contributed by atoms with van der Waals surface area (Å²) in [5, 5.41) is 9.97. The van der Waals surface area contributed by atoms with Gasteiger partial charge in [0.1, 0.15) is 33.4 Å². The van der Waals surface area contributed by atoms with Crippen LogP contribution in [0.15, 0.2) is 18.2 Å². The minimum absolute atomic E-state index is 0.00278. The standard InChI is InChI=1S/C19H19F2N5O2S/c1-9-14(15(26-25-9)12-7-2-3-8-28-12)23-18(27)16-17(22)29-19(24-16)13-10(20)5-4-6-11(13)21/h4-6,12H,2-3,7-8,22H2,1H3,(H,23,27)(H,25,26). The van der Waals surface area contributed by atoms with E-state index >= 15 is 0 Å². The highest BCUT2D eigenvalue weighted by atomic mass is 32.1. The molecule has 0 aliphatic carbocycles. The van der Waals surface area contributed by atoms with Crippen LogP contribution in [0.3, 0.4) is 0 Å². The molecule has 4 rings (SSSR count). The minimum Gasteiger partial charge on any atom is -0.389 e. The highest BCUT2D eigenvalue weighted by Crippen LogP contribution is 2.35. The molecule has 1 fully saturated rings. The number of aromatic amines is 1. The van der Waals surface area contributed by atoms with Gasteiger partial charge in [-0.05, 0) is 38.3 Å². The molecule has 0 bridgehead atoms. The third kappa shape index (κ3) is 3.73. The topological polar surface area (TPSA) is 106 Å². The summed E-state index contributed by atoms with van der Waals surface area (Å²) in [4.78, 5) is 16.9. The van der Waals surface area contributed by atoms with Crippen molar-refractivity contribution in [2.24, 2.45) is 0 Å². The van der Waals surface area contributed by atoms with E-state index in [9.17, 15) is 13.6 Å². The van der Waals surface area contributed by atoms with Crippen LogP contribution in [0.2, 0.25) is 0 Å². The first kappa shape index (κ1) is 19.5. The van der Waals surface area contributed by atoms with E-state index in [2.05, 4.69) is 20.5 Å². The van der Waals surface area contributed by atoms with Crippen LogP contribution in [-0.2, 0) is 4.74 Å². The van der Waals surface area contributed by atoms with E-state index < -0.39 is 17.5 Å². The number of thiazole rings is 1. The summed E-state index contributed by atoms with van der Waals surface area (Å²) in [6.07, 6.45) is 2.61. The van der Waals surface area contributed by atoms with Crippen LogP contribution in [0.4, 0.5) is 19.5 Å². The van der Waals surface area contributed by atoms with Gasteiger partial charge in [0, 0.05) is 6.61 Å². The summed E-state index contributed by atoms with van der Waals surface area (Å²) in [6, 6.07) is 3.51. The Labute approximate surface area is 169 Å². The molecule has 1 aliphatic rings. The summed E-state index contributed by atoms with van der Waals surface area (Å²) in [7, 11) is 0. The fraction of sp³-hybridized carbons (Fsp3) is 0.316. The van der Waals surface area contributed by atoms with Crippen molar-refractivity contribution >= 4 is 27.9 Å². The number of nitrogen functional groups attached to an aromatic ring is 1. The fourth-order valence-electron chi connectivity index (χ4n) is 3.27. The summed E-state index contributed by atoms with van der Waals surface area (Å²) in [5.41, 5.74) is 7.32. The number of aryl methyl sites for hydroxylation is 1. The van der Waals surface area contributed by atoms with Gasteiger partial charge in [-0.25, -0.2) is 13.8 Å². The predicted octanol–water partition coefficient (Wildman–Crippen LogP) is 4.20. The molecule has 29 heavy (non-hydrogen) atoms. The van der Waals surface area contributed by atoms with Crippen molar-refractivity contribution in [3.63, 3.8) is 0 Å². The lowest BCUT2D eigenvalue weighted by molar-refractivity contribution is 0.0127. The number of carbonyl (C=O) groups excluding carboxylic acids is 1. The van der Waals surface area contributed by atoms with E-state index in [0.717, 1.165) is 42.7 Å². The number of amides is 1. The van der Waals surface area contributed by atoms with E-state index in [4.69, 9.17) is 10.5 Å². The van der Waals surface area contributed by atoms with Crippen LogP contribution in [-0.4, -0.2) is 27.7 Å². The lowest BCUT2D eigenvalue weighted by Crippen LogP contribution is -2.18. The molecule has 1 aliphatic heterocycles. The van der Waals surface area contributed by atoms with Gasteiger partial charge in [0.15, 0.2) is 5.69 Å². The molecule has 3 heterocycles. The van der Waals surface area contributed by atoms with E-state index in [-0.39, 0.29) is 27.4 Å². The van der Waals surface area contributed by atoms with Crippen molar-refractivity contribution in [1.29, 1.82) is 0 Å². The zero-order chi connectivity index (χ0) is 20.5. The second-order valence-corrected chi connectivity index (χ2v) is 7.78. The van der Waals surface area contributed by atoms with Gasteiger partial charge >= 0.3 is 0 Å². The van der Waals surface area contributed by atoms with Crippen molar-refractivity contribution in [2.45, 2.75) is 32.3 Å². The Bertz CT molecular complexity index is 1040. The highest BCUT2D eigenvalue weighted by Gasteiger charge is 2.27. The molecule has 1 aromatic carbocycles. The predicted molar refractivity (Wildman–Crippen MR) is 106 cm³/mol. The first-order chi connectivity index (χ1) is 14.0. The third-order valence-electron chi connectivity index (χ3n) is 4.74. The summed E-state index contributed by atoms with van der Waals surface area (Å²) in [5.74, 6) is -2.12. The van der Waals surface area contributed by atoms with E-state index in [1.807, 2.05) is 0 Å². The molecule has 1 unspecified atom stereocenters. The lowest BCUT2D eigenvalue weighted by atomic mass is 10.0. The number of anilines is 2. The molecule has 2 aromatic heterocycles. The number of ether oxygens (including phenoxy) is 1. The molecule has 152 valence electrons. The number of benzene rings is 1. The Kier molecular flexibility index (Phi) is 5.29. The number of halogens is 2. The maximum Gasteiger partial charge on any atom is 0.277 e. The third-order valence-corrected chi connectivity index (χ3v) is 5.65. The number of aromatic nitrogens is 3. The monoisotopic (exact) mass is 419 g/mol. The molecular formula is C19H19F2N5O2S. The van der Waals surface area contributed by atoms with Gasteiger partial charge in [-0.1, -0.05) is 17.4 Å². The number of rotatable bonds is 4. The Hall–Kier alpha value is -2.85. The van der Waals surface area contributed by atoms with Gasteiger partial charge in [-0.3, -0.25) is 9.89 Å². The summed E-state index contributed by atoms with van der Waals surface area (Å²) >= 11 is 0.851. The lowest BCUT2D eigenvalue weighted by Gasteiger charge is -2.22. The van der Waals surface area contributed by atoms with Crippen molar-refractivity contribution in [2.75, 3.05) is 17.7 Å². The number of H-pyrrole nitrogens is 1. The molecular weight excluding hydrogens is 400 g/mol. The van der Waals surface area contributed by atoms with Gasteiger partial charge < -0.3 is 15.8 Å². The number of hydrogen-bond donors (Lipinski definition) is 3. The molecule has 1 saturated heterocycles. The fourth-order valence-corrected chi connectivity index (χ4v) is 4.15. The molecule has 7 nitrogen and oxygen atoms in total. The number of nitrogens with zero attached hydrogens (tertiary/aromatic N) is 2. The molecule has 0 radical (unpaired) electrons. The average Bonchev–Trinajstić information content (AvgIpc) is 3.25. The van der Waals surface area contributed by atoms with Crippen molar-refractivity contribution in [3.05, 3.63) is 46.9 Å². The Morgan fingerprint density at radius 3 is 2.79 bits per heavy atom. The Morgan fingerprint density at radius 1 is 1.34 bits per heavy atom. The minimum atomic E-state index is -0.770. The van der Waals surface area contributed by atoms with Gasteiger partial charge in [0.05, 0.1) is 16.9 Å². The van der Waals surface area contributed by atoms with Crippen molar-refractivity contribution in [3.8, 4) is 10.6 Å². The highest BCUT2D eigenvalue weighted by molar-refractivity contribution is 7.19. The van der Waals surface area contributed by atoms with Crippen LogP contribution in [0.1, 0.15) is 47.2 Å². The van der Waals surface area contributed by atoms with Crippen LogP contribution in [0, 0.1) is 18.6 Å².